The number of nitrogens with two attached hydrogens (primary N) is 1. The van der Waals surface area contributed by atoms with E-state index in [9.17, 15) is 8.42 Å². The van der Waals surface area contributed by atoms with Crippen LogP contribution < -0.4 is 9.88 Å². The molecular weight excluding hydrogens is 226 g/mol. The normalized spacial score (nSPS) is 10.9. The fourth-order valence-electron chi connectivity index (χ4n) is 1.42. The molecule has 0 bridgehead atoms. The Hall–Kier alpha value is -1.51. The molecule has 5 heteroatoms. The van der Waals surface area contributed by atoms with Gasteiger partial charge in [-0.1, -0.05) is 5.92 Å². The number of hydrogen-bond acceptors (Lipinski definition) is 3. The van der Waals surface area contributed by atoms with Crippen molar-refractivity contribution >= 4 is 10.0 Å². The molecule has 0 saturated heterocycles. The van der Waals surface area contributed by atoms with E-state index >= 15 is 0 Å². The molecule has 0 atom stereocenters. The summed E-state index contributed by atoms with van der Waals surface area (Å²) in [5.41, 5.74) is 1.39. The summed E-state index contributed by atoms with van der Waals surface area (Å²) in [6.45, 7) is 3.64. The first kappa shape index (κ1) is 12.6. The van der Waals surface area contributed by atoms with E-state index in [4.69, 9.17) is 16.3 Å². The zero-order valence-corrected chi connectivity index (χ0v) is 9.97. The molecule has 4 nitrogen and oxygen atoms in total. The van der Waals surface area contributed by atoms with Gasteiger partial charge >= 0.3 is 0 Å². The summed E-state index contributed by atoms with van der Waals surface area (Å²) in [5.74, 6) is 2.95. The van der Waals surface area contributed by atoms with E-state index in [0.717, 1.165) is 0 Å². The summed E-state index contributed by atoms with van der Waals surface area (Å²) in [5, 5.41) is 5.04. The number of rotatable bonds is 3. The lowest BCUT2D eigenvalue weighted by Crippen LogP contribution is -2.13. The van der Waals surface area contributed by atoms with Gasteiger partial charge in [-0.2, -0.15) is 0 Å². The van der Waals surface area contributed by atoms with Crippen molar-refractivity contribution in [3.8, 4) is 18.1 Å². The number of primary sulfonamides is 1. The maximum Gasteiger partial charge on any atom is 0.238 e. The highest BCUT2D eigenvalue weighted by atomic mass is 32.2. The van der Waals surface area contributed by atoms with E-state index in [0.29, 0.717) is 16.9 Å². The van der Waals surface area contributed by atoms with Crippen molar-refractivity contribution in [1.82, 2.24) is 0 Å². The molecular formula is C11H13NO3S. The summed E-state index contributed by atoms with van der Waals surface area (Å²) >= 11 is 0. The van der Waals surface area contributed by atoms with Gasteiger partial charge in [0.1, 0.15) is 12.4 Å². The van der Waals surface area contributed by atoms with Crippen molar-refractivity contribution in [3.05, 3.63) is 23.3 Å². The van der Waals surface area contributed by atoms with Crippen LogP contribution in [-0.4, -0.2) is 15.0 Å². The van der Waals surface area contributed by atoms with Crippen LogP contribution in [0.25, 0.3) is 0 Å². The predicted molar refractivity (Wildman–Crippen MR) is 61.6 cm³/mol. The Kier molecular flexibility index (Phi) is 3.58. The fraction of sp³-hybridized carbons (Fsp3) is 0.273. The van der Waals surface area contributed by atoms with Crippen LogP contribution >= 0.6 is 0 Å². The maximum atomic E-state index is 11.2. The predicted octanol–water partition coefficient (Wildman–Crippen LogP) is 0.963. The number of ether oxygens (including phenoxy) is 1. The Bertz CT molecular complexity index is 518. The minimum Gasteiger partial charge on any atom is -0.480 e. The van der Waals surface area contributed by atoms with Crippen molar-refractivity contribution in [2.24, 2.45) is 5.14 Å². The van der Waals surface area contributed by atoms with Crippen molar-refractivity contribution in [2.45, 2.75) is 18.7 Å². The second kappa shape index (κ2) is 4.56. The highest BCUT2D eigenvalue weighted by molar-refractivity contribution is 7.89. The van der Waals surface area contributed by atoms with E-state index in [-0.39, 0.29) is 11.5 Å². The summed E-state index contributed by atoms with van der Waals surface area (Å²) in [4.78, 5) is 0.0792. The lowest BCUT2D eigenvalue weighted by atomic mass is 10.1. The third kappa shape index (κ3) is 2.75. The van der Waals surface area contributed by atoms with E-state index in [1.54, 1.807) is 13.8 Å². The largest absolute Gasteiger partial charge is 0.480 e. The van der Waals surface area contributed by atoms with Gasteiger partial charge in [0.15, 0.2) is 0 Å². The summed E-state index contributed by atoms with van der Waals surface area (Å²) < 4.78 is 27.6. The summed E-state index contributed by atoms with van der Waals surface area (Å²) in [6.07, 6.45) is 5.08. The third-order valence-electron chi connectivity index (χ3n) is 2.06. The van der Waals surface area contributed by atoms with Crippen LogP contribution in [-0.2, 0) is 10.0 Å². The SMILES string of the molecule is C#CCOc1c(C)cc(S(N)(=O)=O)cc1C. The Labute approximate surface area is 95.5 Å². The fourth-order valence-corrected chi connectivity index (χ4v) is 2.10. The van der Waals surface area contributed by atoms with Crippen LogP contribution in [0.4, 0.5) is 0 Å². The Balaban J connectivity index is 3.24. The maximum absolute atomic E-state index is 11.2. The standard InChI is InChI=1S/C11H13NO3S/c1-4-5-15-11-8(2)6-10(7-9(11)3)16(12,13)14/h1,6-7H,5H2,2-3H3,(H2,12,13,14). The second-order valence-corrected chi connectivity index (χ2v) is 4.99. The van der Waals surface area contributed by atoms with Crippen molar-refractivity contribution < 1.29 is 13.2 Å². The molecule has 0 aliphatic carbocycles. The van der Waals surface area contributed by atoms with Crippen LogP contribution in [0.1, 0.15) is 11.1 Å². The second-order valence-electron chi connectivity index (χ2n) is 3.42. The van der Waals surface area contributed by atoms with Crippen LogP contribution in [0, 0.1) is 26.2 Å². The molecule has 0 aromatic heterocycles. The molecule has 86 valence electrons. The first-order valence-corrected chi connectivity index (χ1v) is 6.11. The molecule has 0 saturated carbocycles. The number of aryl methyl sites for hydroxylation is 2. The minimum absolute atomic E-state index is 0.0792. The van der Waals surface area contributed by atoms with Gasteiger partial charge in [-0.05, 0) is 37.1 Å². The monoisotopic (exact) mass is 239 g/mol. The van der Waals surface area contributed by atoms with E-state index < -0.39 is 10.0 Å². The molecule has 16 heavy (non-hydrogen) atoms. The average Bonchev–Trinajstić information content (AvgIpc) is 2.15. The van der Waals surface area contributed by atoms with Gasteiger partial charge in [0.25, 0.3) is 0 Å². The Morgan fingerprint density at radius 2 is 1.88 bits per heavy atom. The number of benzene rings is 1. The van der Waals surface area contributed by atoms with Crippen LogP contribution in [0.5, 0.6) is 5.75 Å². The molecule has 2 N–H and O–H groups in total. The molecule has 0 radical (unpaired) electrons. The Morgan fingerprint density at radius 3 is 2.25 bits per heavy atom. The highest BCUT2D eigenvalue weighted by Gasteiger charge is 2.13. The van der Waals surface area contributed by atoms with Crippen LogP contribution in [0.3, 0.4) is 0 Å². The van der Waals surface area contributed by atoms with E-state index in [2.05, 4.69) is 5.92 Å². The number of terminal acetylenes is 1. The van der Waals surface area contributed by atoms with Gasteiger partial charge in [-0.15, -0.1) is 6.42 Å². The van der Waals surface area contributed by atoms with Gasteiger partial charge < -0.3 is 4.74 Å². The summed E-state index contributed by atoms with van der Waals surface area (Å²) in [6, 6.07) is 2.93. The third-order valence-corrected chi connectivity index (χ3v) is 2.95. The van der Waals surface area contributed by atoms with Gasteiger partial charge in [-0.3, -0.25) is 0 Å². The molecule has 0 aliphatic rings. The van der Waals surface area contributed by atoms with Gasteiger partial charge in [0, 0.05) is 0 Å². The lowest BCUT2D eigenvalue weighted by molar-refractivity contribution is 0.364. The quantitative estimate of drug-likeness (QED) is 0.799. The topological polar surface area (TPSA) is 69.4 Å². The average molecular weight is 239 g/mol. The van der Waals surface area contributed by atoms with Gasteiger partial charge in [0.2, 0.25) is 10.0 Å². The molecule has 0 amide bonds. The number of hydrogen-bond donors (Lipinski definition) is 1. The number of sulfonamides is 1. The van der Waals surface area contributed by atoms with Gasteiger partial charge in [-0.25, -0.2) is 13.6 Å². The first-order chi connectivity index (χ1) is 7.36. The van der Waals surface area contributed by atoms with Crippen LogP contribution in [0.15, 0.2) is 17.0 Å². The smallest absolute Gasteiger partial charge is 0.238 e. The van der Waals surface area contributed by atoms with Crippen molar-refractivity contribution in [3.63, 3.8) is 0 Å². The molecule has 1 rings (SSSR count). The summed E-state index contributed by atoms with van der Waals surface area (Å²) in [7, 11) is -3.68. The Morgan fingerprint density at radius 1 is 1.38 bits per heavy atom. The molecule has 0 unspecified atom stereocenters. The molecule has 1 aromatic rings. The lowest BCUT2D eigenvalue weighted by Gasteiger charge is -2.11. The molecule has 1 aromatic carbocycles. The van der Waals surface area contributed by atoms with E-state index in [1.165, 1.54) is 12.1 Å². The molecule has 0 heterocycles. The first-order valence-electron chi connectivity index (χ1n) is 4.56. The molecule has 0 aliphatic heterocycles. The minimum atomic E-state index is -3.68. The zero-order chi connectivity index (χ0) is 12.3. The van der Waals surface area contributed by atoms with Gasteiger partial charge in [0.05, 0.1) is 4.90 Å². The van der Waals surface area contributed by atoms with E-state index in [1.807, 2.05) is 0 Å². The molecule has 0 spiro atoms. The molecule has 0 fully saturated rings. The van der Waals surface area contributed by atoms with Crippen molar-refractivity contribution in [2.75, 3.05) is 6.61 Å². The zero-order valence-electron chi connectivity index (χ0n) is 9.15. The van der Waals surface area contributed by atoms with Crippen LogP contribution in [0.2, 0.25) is 0 Å². The highest BCUT2D eigenvalue weighted by Crippen LogP contribution is 2.26. The van der Waals surface area contributed by atoms with Crippen molar-refractivity contribution in [1.29, 1.82) is 0 Å².